The molecule has 3 rings (SSSR count). The Morgan fingerprint density at radius 3 is 2.62 bits per heavy atom. The summed E-state index contributed by atoms with van der Waals surface area (Å²) >= 11 is 6.14. The number of carbonyl (C=O) groups is 1. The number of nitrogens with zero attached hydrogens (tertiary/aromatic N) is 2. The van der Waals surface area contributed by atoms with E-state index in [4.69, 9.17) is 21.1 Å². The number of furan rings is 1. The maximum absolute atomic E-state index is 12.7. The van der Waals surface area contributed by atoms with Gasteiger partial charge in [-0.3, -0.25) is 9.69 Å². The van der Waals surface area contributed by atoms with Crippen molar-refractivity contribution in [2.75, 3.05) is 26.2 Å². The Morgan fingerprint density at radius 1 is 1.08 bits per heavy atom. The monoisotopic (exact) mass is 348 g/mol. The lowest BCUT2D eigenvalue weighted by Crippen LogP contribution is -2.35. The largest absolute Gasteiger partial charge is 0.462 e. The van der Waals surface area contributed by atoms with Gasteiger partial charge in [-0.1, -0.05) is 23.7 Å². The first kappa shape index (κ1) is 17.0. The van der Waals surface area contributed by atoms with Crippen LogP contribution >= 0.6 is 11.6 Å². The quantitative estimate of drug-likeness (QED) is 0.923. The number of halogens is 1. The predicted molar refractivity (Wildman–Crippen MR) is 91.9 cm³/mol. The van der Waals surface area contributed by atoms with E-state index in [1.807, 2.05) is 23.1 Å². The van der Waals surface area contributed by atoms with E-state index in [1.54, 1.807) is 18.2 Å². The van der Waals surface area contributed by atoms with Crippen molar-refractivity contribution in [3.63, 3.8) is 0 Å². The minimum absolute atomic E-state index is 0.0111. The summed E-state index contributed by atoms with van der Waals surface area (Å²) < 4.78 is 5.55. The molecule has 1 aliphatic heterocycles. The molecule has 0 radical (unpaired) electrons. The summed E-state index contributed by atoms with van der Waals surface area (Å²) in [5.74, 6) is 1.41. The van der Waals surface area contributed by atoms with Crippen molar-refractivity contribution in [3.8, 4) is 0 Å². The molecule has 24 heavy (non-hydrogen) atoms. The molecule has 0 bridgehead atoms. The molecule has 0 aliphatic carbocycles. The molecule has 1 N–H and O–H groups in total. The zero-order valence-corrected chi connectivity index (χ0v) is 14.2. The molecular weight excluding hydrogens is 328 g/mol. The van der Waals surface area contributed by atoms with Crippen LogP contribution in [0.5, 0.6) is 0 Å². The van der Waals surface area contributed by atoms with E-state index in [2.05, 4.69) is 4.90 Å². The fourth-order valence-corrected chi connectivity index (χ4v) is 3.17. The molecule has 1 fully saturated rings. The Bertz CT molecular complexity index is 701. The number of benzene rings is 1. The fourth-order valence-electron chi connectivity index (χ4n) is 2.95. The fraction of sp³-hybridized carbons (Fsp3) is 0.389. The molecule has 0 unspecified atom stereocenters. The molecule has 0 atom stereocenters. The summed E-state index contributed by atoms with van der Waals surface area (Å²) in [4.78, 5) is 16.8. The number of carbonyl (C=O) groups excluding carboxylic acids is 1. The summed E-state index contributed by atoms with van der Waals surface area (Å²) in [6.07, 6.45) is 0.907. The van der Waals surface area contributed by atoms with Crippen LogP contribution in [0.2, 0.25) is 5.02 Å². The SMILES string of the molecule is O=C(c1ccccc1Cl)N1CCCN(Cc2ccc(CO)o2)CC1. The van der Waals surface area contributed by atoms with Crippen LogP contribution in [-0.4, -0.2) is 47.0 Å². The van der Waals surface area contributed by atoms with Gasteiger partial charge in [-0.15, -0.1) is 0 Å². The summed E-state index contributed by atoms with van der Waals surface area (Å²) in [5.41, 5.74) is 0.561. The molecule has 1 amide bonds. The van der Waals surface area contributed by atoms with Crippen LogP contribution in [0.25, 0.3) is 0 Å². The number of aliphatic hydroxyl groups excluding tert-OH is 1. The van der Waals surface area contributed by atoms with E-state index in [0.717, 1.165) is 31.8 Å². The highest BCUT2D eigenvalue weighted by atomic mass is 35.5. The molecule has 2 aromatic rings. The average molecular weight is 349 g/mol. The van der Waals surface area contributed by atoms with Gasteiger partial charge in [0.2, 0.25) is 0 Å². The predicted octanol–water partition coefficient (Wildman–Crippen LogP) is 2.77. The highest BCUT2D eigenvalue weighted by molar-refractivity contribution is 6.33. The second-order valence-corrected chi connectivity index (χ2v) is 6.34. The third-order valence-corrected chi connectivity index (χ3v) is 4.56. The normalized spacial score (nSPS) is 16.2. The number of hydrogen-bond donors (Lipinski definition) is 1. The van der Waals surface area contributed by atoms with E-state index in [0.29, 0.717) is 29.4 Å². The first-order chi connectivity index (χ1) is 11.7. The molecule has 2 heterocycles. The summed E-state index contributed by atoms with van der Waals surface area (Å²) in [5, 5.41) is 9.56. The standard InChI is InChI=1S/C18H21ClN2O3/c19-17-5-2-1-4-16(17)18(23)21-9-3-8-20(10-11-21)12-14-6-7-15(13-22)24-14/h1-2,4-7,22H,3,8-13H2. The van der Waals surface area contributed by atoms with E-state index in [9.17, 15) is 4.79 Å². The molecule has 128 valence electrons. The van der Waals surface area contributed by atoms with Crippen molar-refractivity contribution in [3.05, 3.63) is 58.5 Å². The third kappa shape index (κ3) is 3.98. The maximum Gasteiger partial charge on any atom is 0.255 e. The highest BCUT2D eigenvalue weighted by Crippen LogP contribution is 2.19. The van der Waals surface area contributed by atoms with Gasteiger partial charge in [0.25, 0.3) is 5.91 Å². The Labute approximate surface area is 146 Å². The lowest BCUT2D eigenvalue weighted by atomic mass is 10.2. The van der Waals surface area contributed by atoms with Gasteiger partial charge in [-0.25, -0.2) is 0 Å². The van der Waals surface area contributed by atoms with Crippen LogP contribution in [0.3, 0.4) is 0 Å². The Kier molecular flexibility index (Phi) is 5.56. The van der Waals surface area contributed by atoms with Crippen LogP contribution in [-0.2, 0) is 13.2 Å². The highest BCUT2D eigenvalue weighted by Gasteiger charge is 2.22. The zero-order valence-electron chi connectivity index (χ0n) is 13.4. The van der Waals surface area contributed by atoms with Gasteiger partial charge >= 0.3 is 0 Å². The molecule has 1 saturated heterocycles. The zero-order chi connectivity index (χ0) is 16.9. The smallest absolute Gasteiger partial charge is 0.255 e. The maximum atomic E-state index is 12.7. The van der Waals surface area contributed by atoms with Crippen molar-refractivity contribution in [2.24, 2.45) is 0 Å². The molecule has 1 aromatic carbocycles. The second-order valence-electron chi connectivity index (χ2n) is 5.93. The first-order valence-corrected chi connectivity index (χ1v) is 8.50. The van der Waals surface area contributed by atoms with Gasteiger partial charge in [0.1, 0.15) is 18.1 Å². The molecular formula is C18H21ClN2O3. The molecule has 6 heteroatoms. The van der Waals surface area contributed by atoms with Crippen molar-refractivity contribution in [1.82, 2.24) is 9.80 Å². The second kappa shape index (κ2) is 7.83. The minimum atomic E-state index is -0.0832. The molecule has 5 nitrogen and oxygen atoms in total. The van der Waals surface area contributed by atoms with Crippen molar-refractivity contribution < 1.29 is 14.3 Å². The van der Waals surface area contributed by atoms with Crippen molar-refractivity contribution >= 4 is 17.5 Å². The van der Waals surface area contributed by atoms with Gasteiger partial charge in [0.05, 0.1) is 17.1 Å². The van der Waals surface area contributed by atoms with Crippen molar-refractivity contribution in [2.45, 2.75) is 19.6 Å². The van der Waals surface area contributed by atoms with Crippen LogP contribution in [0, 0.1) is 0 Å². The third-order valence-electron chi connectivity index (χ3n) is 4.23. The molecule has 0 saturated carbocycles. The van der Waals surface area contributed by atoms with Crippen molar-refractivity contribution in [1.29, 1.82) is 0 Å². The Balaban J connectivity index is 1.60. The van der Waals surface area contributed by atoms with Gasteiger partial charge < -0.3 is 14.4 Å². The Hall–Kier alpha value is -1.82. The van der Waals surface area contributed by atoms with E-state index in [1.165, 1.54) is 0 Å². The average Bonchev–Trinajstić information content (AvgIpc) is 2.92. The Morgan fingerprint density at radius 2 is 1.88 bits per heavy atom. The lowest BCUT2D eigenvalue weighted by molar-refractivity contribution is 0.0761. The topological polar surface area (TPSA) is 56.9 Å². The molecule has 1 aliphatic rings. The van der Waals surface area contributed by atoms with Gasteiger partial charge in [0, 0.05) is 26.2 Å². The van der Waals surface area contributed by atoms with Crippen LogP contribution in [0.15, 0.2) is 40.8 Å². The first-order valence-electron chi connectivity index (χ1n) is 8.12. The number of amides is 1. The number of aliphatic hydroxyl groups is 1. The summed E-state index contributed by atoms with van der Waals surface area (Å²) in [6.45, 7) is 3.68. The molecule has 1 aromatic heterocycles. The summed E-state index contributed by atoms with van der Waals surface area (Å²) in [6, 6.07) is 10.9. The summed E-state index contributed by atoms with van der Waals surface area (Å²) in [7, 11) is 0. The lowest BCUT2D eigenvalue weighted by Gasteiger charge is -2.22. The number of hydrogen-bond acceptors (Lipinski definition) is 4. The van der Waals surface area contributed by atoms with E-state index in [-0.39, 0.29) is 12.5 Å². The molecule has 0 spiro atoms. The van der Waals surface area contributed by atoms with Crippen LogP contribution < -0.4 is 0 Å². The van der Waals surface area contributed by atoms with Crippen LogP contribution in [0.4, 0.5) is 0 Å². The van der Waals surface area contributed by atoms with Gasteiger partial charge in [0.15, 0.2) is 0 Å². The van der Waals surface area contributed by atoms with E-state index >= 15 is 0 Å². The van der Waals surface area contributed by atoms with E-state index < -0.39 is 0 Å². The van der Waals surface area contributed by atoms with Crippen LogP contribution in [0.1, 0.15) is 28.3 Å². The van der Waals surface area contributed by atoms with Gasteiger partial charge in [-0.2, -0.15) is 0 Å². The van der Waals surface area contributed by atoms with Gasteiger partial charge in [-0.05, 0) is 30.7 Å². The number of rotatable bonds is 4. The minimum Gasteiger partial charge on any atom is -0.462 e.